The Balaban J connectivity index is 1.64. The van der Waals surface area contributed by atoms with Crippen LogP contribution in [-0.2, 0) is 16.0 Å². The number of nitriles is 1. The lowest BCUT2D eigenvalue weighted by atomic mass is 9.76. The molecule has 2 amide bonds. The normalized spacial score (nSPS) is 23.2. The molecular formula is C26H35BF2N4O5. The van der Waals surface area contributed by atoms with Crippen LogP contribution in [0, 0.1) is 17.1 Å². The zero-order chi connectivity index (χ0) is 28.1. The number of likely N-dealkylation sites (tertiary alicyclic amines) is 2. The van der Waals surface area contributed by atoms with Gasteiger partial charge in [0.15, 0.2) is 0 Å². The predicted octanol–water partition coefficient (Wildman–Crippen LogP) is 2.13. The van der Waals surface area contributed by atoms with E-state index >= 15 is 0 Å². The van der Waals surface area contributed by atoms with Crippen molar-refractivity contribution in [2.45, 2.75) is 69.6 Å². The van der Waals surface area contributed by atoms with Crippen LogP contribution in [0.1, 0.15) is 45.6 Å². The van der Waals surface area contributed by atoms with Crippen molar-refractivity contribution >= 4 is 19.1 Å². The minimum Gasteiger partial charge on any atom is -0.447 e. The first-order valence-electron chi connectivity index (χ1n) is 12.7. The highest BCUT2D eigenvalue weighted by Crippen LogP contribution is 2.32. The van der Waals surface area contributed by atoms with Crippen LogP contribution in [0.3, 0.4) is 0 Å². The molecule has 12 heteroatoms. The topological polar surface area (TPSA) is 126 Å². The molecule has 2 aliphatic rings. The third-order valence-electron chi connectivity index (χ3n) is 7.33. The maximum atomic E-state index is 13.7. The van der Waals surface area contributed by atoms with Gasteiger partial charge in [0.05, 0.1) is 11.5 Å². The largest absolute Gasteiger partial charge is 0.475 e. The SMILES string of the molecule is CC(C)(C=C(C#N)C(=O)N1CCC[C@]1(C)COC(=O)N[C@@H](Cc1ccc(F)cc1)B(O)O)N1CC[C@@H](F)C1. The minimum atomic E-state index is -1.89. The number of hydrogen-bond donors (Lipinski definition) is 3. The minimum absolute atomic E-state index is 0.0290. The van der Waals surface area contributed by atoms with Crippen molar-refractivity contribution in [3.05, 3.63) is 47.3 Å². The number of alkyl halides is 1. The molecule has 0 saturated carbocycles. The smallest absolute Gasteiger partial charge is 0.447 e. The molecule has 0 bridgehead atoms. The number of carbonyl (C=O) groups is 2. The highest BCUT2D eigenvalue weighted by atomic mass is 19.1. The van der Waals surface area contributed by atoms with E-state index in [4.69, 9.17) is 4.74 Å². The average molecular weight is 532 g/mol. The Morgan fingerprint density at radius 2 is 2.03 bits per heavy atom. The van der Waals surface area contributed by atoms with Gasteiger partial charge in [-0.2, -0.15) is 5.26 Å². The van der Waals surface area contributed by atoms with Gasteiger partial charge in [-0.25, -0.2) is 13.6 Å². The third kappa shape index (κ3) is 7.31. The average Bonchev–Trinajstić information content (AvgIpc) is 3.48. The summed E-state index contributed by atoms with van der Waals surface area (Å²) in [5, 5.41) is 31.6. The van der Waals surface area contributed by atoms with Crippen molar-refractivity contribution in [3.8, 4) is 6.07 Å². The molecule has 1 aromatic rings. The highest BCUT2D eigenvalue weighted by Gasteiger charge is 2.43. The molecule has 0 radical (unpaired) electrons. The highest BCUT2D eigenvalue weighted by molar-refractivity contribution is 6.43. The number of rotatable bonds is 9. The summed E-state index contributed by atoms with van der Waals surface area (Å²) in [6.45, 7) is 6.41. The number of amides is 2. The first kappa shape index (κ1) is 29.5. The fourth-order valence-corrected chi connectivity index (χ4v) is 5.01. The van der Waals surface area contributed by atoms with Crippen molar-refractivity contribution < 1.29 is 33.2 Å². The molecule has 0 aliphatic carbocycles. The van der Waals surface area contributed by atoms with Gasteiger partial charge in [0.1, 0.15) is 30.2 Å². The second-order valence-electron chi connectivity index (χ2n) is 10.8. The van der Waals surface area contributed by atoms with Gasteiger partial charge in [0.25, 0.3) is 5.91 Å². The summed E-state index contributed by atoms with van der Waals surface area (Å²) in [6, 6.07) is 7.40. The molecule has 9 nitrogen and oxygen atoms in total. The van der Waals surface area contributed by atoms with E-state index in [1.54, 1.807) is 13.0 Å². The summed E-state index contributed by atoms with van der Waals surface area (Å²) < 4.78 is 32.3. The predicted molar refractivity (Wildman–Crippen MR) is 137 cm³/mol. The molecular weight excluding hydrogens is 497 g/mol. The van der Waals surface area contributed by atoms with Gasteiger partial charge in [-0.05, 0) is 70.2 Å². The van der Waals surface area contributed by atoms with Gasteiger partial charge >= 0.3 is 13.2 Å². The summed E-state index contributed by atoms with van der Waals surface area (Å²) in [4.78, 5) is 29.3. The third-order valence-corrected chi connectivity index (χ3v) is 7.33. The summed E-state index contributed by atoms with van der Waals surface area (Å²) >= 11 is 0. The van der Waals surface area contributed by atoms with E-state index in [1.165, 1.54) is 29.2 Å². The van der Waals surface area contributed by atoms with E-state index in [2.05, 4.69) is 5.32 Å². The number of ether oxygens (including phenoxy) is 1. The van der Waals surface area contributed by atoms with Crippen LogP contribution < -0.4 is 5.32 Å². The Kier molecular flexibility index (Phi) is 9.52. The van der Waals surface area contributed by atoms with Gasteiger partial charge in [0.2, 0.25) is 0 Å². The number of nitrogens with zero attached hydrogens (tertiary/aromatic N) is 3. The fourth-order valence-electron chi connectivity index (χ4n) is 5.01. The second-order valence-corrected chi connectivity index (χ2v) is 10.8. The summed E-state index contributed by atoms with van der Waals surface area (Å²) in [6.07, 6.45) is 1.35. The molecule has 2 saturated heterocycles. The van der Waals surface area contributed by atoms with Gasteiger partial charge in [-0.1, -0.05) is 12.1 Å². The van der Waals surface area contributed by atoms with E-state index < -0.39 is 48.1 Å². The molecule has 206 valence electrons. The zero-order valence-electron chi connectivity index (χ0n) is 22.0. The first-order valence-corrected chi connectivity index (χ1v) is 12.7. The molecule has 2 heterocycles. The van der Waals surface area contributed by atoms with Crippen LogP contribution >= 0.6 is 0 Å². The molecule has 3 N–H and O–H groups in total. The Morgan fingerprint density at radius 3 is 2.61 bits per heavy atom. The number of halogens is 2. The summed E-state index contributed by atoms with van der Waals surface area (Å²) in [5.74, 6) is -2.03. The standard InChI is InChI=1S/C26H35BF2N4O5/c1-25(2,32-12-9-21(29)16-32)14-19(15-30)23(34)33-11-4-10-26(33,3)17-38-24(35)31-22(27(36)37)13-18-5-7-20(28)8-6-18/h5-8,14,21-22,36-37H,4,9-13,16-17H2,1-3H3,(H,31,35)/t21-,22+,26-/m1/s1. The van der Waals surface area contributed by atoms with E-state index in [-0.39, 0.29) is 25.1 Å². The molecule has 0 unspecified atom stereocenters. The van der Waals surface area contributed by atoms with Crippen molar-refractivity contribution in [3.63, 3.8) is 0 Å². The van der Waals surface area contributed by atoms with Crippen LogP contribution in [0.5, 0.6) is 0 Å². The lowest BCUT2D eigenvalue weighted by Gasteiger charge is -2.36. The Labute approximate surface area is 222 Å². The molecule has 3 atom stereocenters. The van der Waals surface area contributed by atoms with Crippen molar-refractivity contribution in [2.75, 3.05) is 26.2 Å². The molecule has 0 aromatic heterocycles. The lowest BCUT2D eigenvalue weighted by Crippen LogP contribution is -2.52. The van der Waals surface area contributed by atoms with Gasteiger partial charge in [-0.15, -0.1) is 0 Å². The van der Waals surface area contributed by atoms with E-state index in [0.29, 0.717) is 37.9 Å². The number of hydrogen-bond acceptors (Lipinski definition) is 7. The van der Waals surface area contributed by atoms with Gasteiger partial charge < -0.3 is 25.0 Å². The number of benzene rings is 1. The Morgan fingerprint density at radius 1 is 1.34 bits per heavy atom. The molecule has 2 aliphatic heterocycles. The first-order chi connectivity index (χ1) is 17.8. The van der Waals surface area contributed by atoms with Crippen LogP contribution in [0.25, 0.3) is 0 Å². The van der Waals surface area contributed by atoms with E-state index in [0.717, 1.165) is 0 Å². The number of alkyl carbamates (subject to hydrolysis) is 1. The quantitative estimate of drug-likeness (QED) is 0.253. The van der Waals surface area contributed by atoms with Crippen LogP contribution in [0.4, 0.5) is 13.6 Å². The van der Waals surface area contributed by atoms with E-state index in [1.807, 2.05) is 24.8 Å². The molecule has 2 fully saturated rings. The second kappa shape index (κ2) is 12.2. The molecule has 1 aromatic carbocycles. The number of nitrogens with one attached hydrogen (secondary N) is 1. The zero-order valence-corrected chi connectivity index (χ0v) is 22.0. The van der Waals surface area contributed by atoms with Crippen molar-refractivity contribution in [2.24, 2.45) is 0 Å². The van der Waals surface area contributed by atoms with Gasteiger partial charge in [-0.3, -0.25) is 9.69 Å². The maximum absolute atomic E-state index is 13.7. The van der Waals surface area contributed by atoms with Crippen molar-refractivity contribution in [1.29, 1.82) is 5.26 Å². The Hall–Kier alpha value is -3.01. The molecule has 38 heavy (non-hydrogen) atoms. The van der Waals surface area contributed by atoms with E-state index in [9.17, 15) is 33.7 Å². The Bertz CT molecular complexity index is 1080. The van der Waals surface area contributed by atoms with Crippen LogP contribution in [0.15, 0.2) is 35.9 Å². The maximum Gasteiger partial charge on any atom is 0.475 e. The molecule has 0 spiro atoms. The summed E-state index contributed by atoms with van der Waals surface area (Å²) in [5.41, 5.74) is -1.05. The van der Waals surface area contributed by atoms with Gasteiger partial charge in [0, 0.05) is 25.2 Å². The van der Waals surface area contributed by atoms with Crippen molar-refractivity contribution in [1.82, 2.24) is 15.1 Å². The lowest BCUT2D eigenvalue weighted by molar-refractivity contribution is -0.131. The van der Waals surface area contributed by atoms with Crippen LogP contribution in [-0.4, -0.2) is 88.4 Å². The monoisotopic (exact) mass is 532 g/mol. The molecule has 3 rings (SSSR count). The summed E-state index contributed by atoms with van der Waals surface area (Å²) in [7, 11) is -1.89. The fraction of sp³-hybridized carbons (Fsp3) is 0.577. The van der Waals surface area contributed by atoms with Crippen LogP contribution in [0.2, 0.25) is 0 Å². The number of carbonyl (C=O) groups excluding carboxylic acids is 2.